The van der Waals surface area contributed by atoms with Gasteiger partial charge in [-0.05, 0) is 36.4 Å². The lowest BCUT2D eigenvalue weighted by Crippen LogP contribution is -2.46. The summed E-state index contributed by atoms with van der Waals surface area (Å²) in [4.78, 5) is 21.0. The van der Waals surface area contributed by atoms with Gasteiger partial charge in [-0.2, -0.15) is 0 Å². The second-order valence-electron chi connectivity index (χ2n) is 6.79. The van der Waals surface area contributed by atoms with Crippen molar-refractivity contribution < 1.29 is 13.6 Å². The Morgan fingerprint density at radius 2 is 1.55 bits per heavy atom. The van der Waals surface area contributed by atoms with Gasteiger partial charge < -0.3 is 15.1 Å². The van der Waals surface area contributed by atoms with E-state index >= 15 is 0 Å². The Hall–Kier alpha value is -3.48. The molecule has 0 atom stereocenters. The van der Waals surface area contributed by atoms with Crippen LogP contribution in [0.4, 0.5) is 25.8 Å². The lowest BCUT2D eigenvalue weighted by atomic mass is 10.2. The molecule has 1 N–H and O–H groups in total. The monoisotopic (exact) mass is 394 g/mol. The molecule has 3 aromatic rings. The number of nitrogens with one attached hydrogen (secondary N) is 1. The Morgan fingerprint density at radius 1 is 0.862 bits per heavy atom. The number of benzene rings is 2. The highest BCUT2D eigenvalue weighted by molar-refractivity contribution is 6.03. The van der Waals surface area contributed by atoms with Gasteiger partial charge in [0.05, 0.1) is 17.6 Å². The van der Waals surface area contributed by atoms with E-state index in [0.717, 1.165) is 44.0 Å². The molecular formula is C22H20F2N4O. The number of halogens is 2. The smallest absolute Gasteiger partial charge is 0.274 e. The van der Waals surface area contributed by atoms with Gasteiger partial charge in [-0.25, -0.2) is 13.8 Å². The number of rotatable bonds is 4. The van der Waals surface area contributed by atoms with Crippen LogP contribution in [0.25, 0.3) is 0 Å². The minimum Gasteiger partial charge on any atom is -0.368 e. The Bertz CT molecular complexity index is 987. The fourth-order valence-corrected chi connectivity index (χ4v) is 3.35. The van der Waals surface area contributed by atoms with Crippen LogP contribution in [-0.4, -0.2) is 37.1 Å². The minimum absolute atomic E-state index is 0.0840. The van der Waals surface area contributed by atoms with E-state index in [0.29, 0.717) is 0 Å². The summed E-state index contributed by atoms with van der Waals surface area (Å²) < 4.78 is 26.7. The van der Waals surface area contributed by atoms with Gasteiger partial charge >= 0.3 is 0 Å². The lowest BCUT2D eigenvalue weighted by Gasteiger charge is -2.37. The van der Waals surface area contributed by atoms with Crippen molar-refractivity contribution in [3.8, 4) is 0 Å². The zero-order chi connectivity index (χ0) is 20.2. The average molecular weight is 394 g/mol. The molecule has 0 saturated carbocycles. The maximum atomic E-state index is 13.7. The predicted molar refractivity (Wildman–Crippen MR) is 109 cm³/mol. The Labute approximate surface area is 167 Å². The van der Waals surface area contributed by atoms with Crippen LogP contribution in [0.5, 0.6) is 0 Å². The topological polar surface area (TPSA) is 48.5 Å². The first-order valence-electron chi connectivity index (χ1n) is 9.37. The molecular weight excluding hydrogens is 374 g/mol. The number of para-hydroxylation sites is 1. The molecule has 1 saturated heterocycles. The molecule has 4 rings (SSSR count). The Morgan fingerprint density at radius 3 is 2.17 bits per heavy atom. The second kappa shape index (κ2) is 8.26. The predicted octanol–water partition coefficient (Wildman–Crippen LogP) is 3.94. The zero-order valence-corrected chi connectivity index (χ0v) is 15.7. The van der Waals surface area contributed by atoms with Crippen molar-refractivity contribution in [1.82, 2.24) is 4.98 Å². The van der Waals surface area contributed by atoms with E-state index in [4.69, 9.17) is 0 Å². The first-order chi connectivity index (χ1) is 14.1. The molecule has 0 spiro atoms. The van der Waals surface area contributed by atoms with Crippen molar-refractivity contribution in [2.24, 2.45) is 0 Å². The normalized spacial score (nSPS) is 14.0. The molecule has 1 aromatic heterocycles. The van der Waals surface area contributed by atoms with Crippen LogP contribution in [0.2, 0.25) is 0 Å². The first-order valence-corrected chi connectivity index (χ1v) is 9.37. The third kappa shape index (κ3) is 4.34. The molecule has 2 aromatic carbocycles. The van der Waals surface area contributed by atoms with Crippen molar-refractivity contribution in [2.45, 2.75) is 0 Å². The Kier molecular flexibility index (Phi) is 5.37. The molecule has 1 aliphatic rings. The number of pyridine rings is 1. The van der Waals surface area contributed by atoms with E-state index in [-0.39, 0.29) is 11.4 Å². The number of hydrogen-bond acceptors (Lipinski definition) is 4. The quantitative estimate of drug-likeness (QED) is 0.728. The van der Waals surface area contributed by atoms with E-state index in [1.165, 1.54) is 11.8 Å². The van der Waals surface area contributed by atoms with Gasteiger partial charge in [0.15, 0.2) is 0 Å². The zero-order valence-electron chi connectivity index (χ0n) is 15.7. The summed E-state index contributed by atoms with van der Waals surface area (Å²) in [5.41, 5.74) is 2.23. The van der Waals surface area contributed by atoms with Gasteiger partial charge in [-0.1, -0.05) is 18.2 Å². The summed E-state index contributed by atoms with van der Waals surface area (Å²) in [7, 11) is 0. The van der Waals surface area contributed by atoms with E-state index in [9.17, 15) is 13.6 Å². The third-order valence-corrected chi connectivity index (χ3v) is 4.93. The lowest BCUT2D eigenvalue weighted by molar-refractivity contribution is 0.102. The minimum atomic E-state index is -0.828. The van der Waals surface area contributed by atoms with Crippen LogP contribution in [0.15, 0.2) is 66.9 Å². The van der Waals surface area contributed by atoms with Crippen molar-refractivity contribution in [3.63, 3.8) is 0 Å². The van der Waals surface area contributed by atoms with Crippen LogP contribution in [0.1, 0.15) is 10.5 Å². The summed E-state index contributed by atoms with van der Waals surface area (Å²) in [5.74, 6) is -2.07. The van der Waals surface area contributed by atoms with Gasteiger partial charge in [0.25, 0.3) is 5.91 Å². The SMILES string of the molecule is O=C(Nc1ccc(F)cc1F)c1ccc(N2CCN(c3ccccc3)CC2)cn1. The molecule has 0 bridgehead atoms. The van der Waals surface area contributed by atoms with Crippen LogP contribution >= 0.6 is 0 Å². The highest BCUT2D eigenvalue weighted by Gasteiger charge is 2.18. The molecule has 29 heavy (non-hydrogen) atoms. The van der Waals surface area contributed by atoms with Crippen molar-refractivity contribution in [1.29, 1.82) is 0 Å². The van der Waals surface area contributed by atoms with Gasteiger partial charge in [-0.15, -0.1) is 0 Å². The summed E-state index contributed by atoms with van der Waals surface area (Å²) in [6.45, 7) is 3.50. The number of piperazine rings is 1. The number of aromatic nitrogens is 1. The largest absolute Gasteiger partial charge is 0.368 e. The maximum Gasteiger partial charge on any atom is 0.274 e. The van der Waals surface area contributed by atoms with Gasteiger partial charge in [-0.3, -0.25) is 4.79 Å². The van der Waals surface area contributed by atoms with Crippen LogP contribution in [0.3, 0.4) is 0 Å². The summed E-state index contributed by atoms with van der Waals surface area (Å²) >= 11 is 0. The molecule has 2 heterocycles. The molecule has 7 heteroatoms. The van der Waals surface area contributed by atoms with E-state index < -0.39 is 17.5 Å². The maximum absolute atomic E-state index is 13.7. The number of hydrogen-bond donors (Lipinski definition) is 1. The molecule has 0 radical (unpaired) electrons. The standard InChI is InChI=1S/C22H20F2N4O/c23-16-6-8-20(19(24)14-16)26-22(29)21-9-7-18(15-25-21)28-12-10-27(11-13-28)17-4-2-1-3-5-17/h1-9,14-15H,10-13H2,(H,26,29). The molecule has 148 valence electrons. The van der Waals surface area contributed by atoms with E-state index in [1.54, 1.807) is 12.3 Å². The fourth-order valence-electron chi connectivity index (χ4n) is 3.35. The van der Waals surface area contributed by atoms with E-state index in [1.807, 2.05) is 24.3 Å². The van der Waals surface area contributed by atoms with Gasteiger partial charge in [0, 0.05) is 37.9 Å². The van der Waals surface area contributed by atoms with Crippen LogP contribution < -0.4 is 15.1 Å². The molecule has 0 unspecified atom stereocenters. The Balaban J connectivity index is 1.37. The van der Waals surface area contributed by atoms with Crippen LogP contribution in [-0.2, 0) is 0 Å². The molecule has 5 nitrogen and oxygen atoms in total. The number of nitrogens with zero attached hydrogens (tertiary/aromatic N) is 3. The van der Waals surface area contributed by atoms with Crippen LogP contribution in [0, 0.1) is 11.6 Å². The number of amides is 1. The molecule has 1 aliphatic heterocycles. The van der Waals surface area contributed by atoms with Crippen molar-refractivity contribution in [3.05, 3.63) is 84.2 Å². The van der Waals surface area contributed by atoms with Gasteiger partial charge in [0.1, 0.15) is 17.3 Å². The average Bonchev–Trinajstić information content (AvgIpc) is 2.76. The highest BCUT2D eigenvalue weighted by Crippen LogP contribution is 2.21. The molecule has 1 fully saturated rings. The summed E-state index contributed by atoms with van der Waals surface area (Å²) in [6, 6.07) is 16.7. The van der Waals surface area contributed by atoms with E-state index in [2.05, 4.69) is 32.2 Å². The second-order valence-corrected chi connectivity index (χ2v) is 6.79. The fraction of sp³-hybridized carbons (Fsp3) is 0.182. The van der Waals surface area contributed by atoms with Gasteiger partial charge in [0.2, 0.25) is 0 Å². The number of carbonyl (C=O) groups excluding carboxylic acids is 1. The molecule has 1 amide bonds. The first kappa shape index (κ1) is 18.9. The summed E-state index contributed by atoms with van der Waals surface area (Å²) in [5, 5.41) is 2.41. The number of anilines is 3. The summed E-state index contributed by atoms with van der Waals surface area (Å²) in [6.07, 6.45) is 1.65. The van der Waals surface area contributed by atoms with Crippen molar-refractivity contribution >= 4 is 23.0 Å². The third-order valence-electron chi connectivity index (χ3n) is 4.93. The number of carbonyl (C=O) groups is 1. The van der Waals surface area contributed by atoms with Crippen molar-refractivity contribution in [2.75, 3.05) is 41.3 Å². The molecule has 0 aliphatic carbocycles. The highest BCUT2D eigenvalue weighted by atomic mass is 19.1.